The molecule has 0 aromatic heterocycles. The summed E-state index contributed by atoms with van der Waals surface area (Å²) in [6, 6.07) is 30.8. The molecule has 11 rings (SSSR count). The normalized spacial score (nSPS) is 23.5. The summed E-state index contributed by atoms with van der Waals surface area (Å²) in [5.41, 5.74) is 10.7. The van der Waals surface area contributed by atoms with Crippen LogP contribution in [0.15, 0.2) is 84.9 Å². The van der Waals surface area contributed by atoms with Gasteiger partial charge < -0.3 is 25.0 Å². The van der Waals surface area contributed by atoms with Crippen LogP contribution in [-0.2, 0) is 28.0 Å². The van der Waals surface area contributed by atoms with E-state index in [-0.39, 0.29) is 23.1 Å². The number of imide groups is 1. The van der Waals surface area contributed by atoms with Crippen LogP contribution in [0.5, 0.6) is 11.5 Å². The topological polar surface area (TPSA) is 111 Å². The Morgan fingerprint density at radius 1 is 0.770 bits per heavy atom. The summed E-state index contributed by atoms with van der Waals surface area (Å²) in [5, 5.41) is 15.4. The van der Waals surface area contributed by atoms with Gasteiger partial charge >= 0.3 is 0 Å². The Kier molecular flexibility index (Phi) is 11.7. The number of rotatable bonds is 5. The number of aryl methyl sites for hydroxylation is 1. The number of nitrogens with one attached hydrogen (secondary N) is 2. The molecule has 1 saturated carbocycles. The molecular weight excluding hydrogens is 761 g/mol. The van der Waals surface area contributed by atoms with Crippen molar-refractivity contribution >= 4 is 23.4 Å². The van der Waals surface area contributed by atoms with Gasteiger partial charge in [0.05, 0.1) is 6.61 Å². The predicted molar refractivity (Wildman–Crippen MR) is 239 cm³/mol. The highest BCUT2D eigenvalue weighted by Crippen LogP contribution is 2.54. The molecule has 9 heteroatoms. The highest BCUT2D eigenvalue weighted by molar-refractivity contribution is 5.99. The minimum Gasteiger partial charge on any atom is -0.508 e. The maximum Gasteiger partial charge on any atom is 0.252 e. The Labute approximate surface area is 361 Å². The first kappa shape index (κ1) is 41.2. The van der Waals surface area contributed by atoms with Crippen molar-refractivity contribution in [2.75, 3.05) is 44.2 Å². The fraction of sp³-hybridized carbons (Fsp3) is 0.481. The summed E-state index contributed by atoms with van der Waals surface area (Å²) < 4.78 is 6.19. The standard InChI is InChI=1S/C45H49N3O3.C5H7NO2.C2H6/c49-36-11-13-38-33(22-36)8-12-37(31-4-2-1-3-5-31)42(38)32-6-9-35(10-7-32)48-20-14-44(15-21-48)25-30(26-44)28-47-18-16-45(17-19-47)29-51-41-24-39-34(23-40(41)45)27-46-43(39)50;7-4-2-1-3-5(8)6-4;1-2/h1-7,9-11,13,22-24,30,37,42,49H,8,12,14-21,25-29H2,(H,46,50);1-3H2,(H,6,7,8);1-2H3. The number of piperidine rings is 3. The van der Waals surface area contributed by atoms with Crippen LogP contribution in [0.3, 0.4) is 0 Å². The van der Waals surface area contributed by atoms with E-state index in [1.807, 2.05) is 32.0 Å². The number of nitrogens with zero attached hydrogens (tertiary/aromatic N) is 2. The zero-order valence-electron chi connectivity index (χ0n) is 36.0. The number of carbonyl (C=O) groups is 3. The number of hydrogen-bond acceptors (Lipinski definition) is 7. The van der Waals surface area contributed by atoms with Gasteiger partial charge in [-0.15, -0.1) is 0 Å². The fourth-order valence-electron chi connectivity index (χ4n) is 11.8. The molecule has 2 atom stereocenters. The molecule has 3 amide bonds. The molecule has 2 aliphatic carbocycles. The predicted octanol–water partition coefficient (Wildman–Crippen LogP) is 8.76. The first-order valence-corrected chi connectivity index (χ1v) is 23.1. The van der Waals surface area contributed by atoms with Crippen molar-refractivity contribution in [2.24, 2.45) is 11.3 Å². The molecule has 9 nitrogen and oxygen atoms in total. The number of aromatic hydroxyl groups is 1. The molecule has 61 heavy (non-hydrogen) atoms. The van der Waals surface area contributed by atoms with Gasteiger partial charge in [-0.2, -0.15) is 0 Å². The highest BCUT2D eigenvalue weighted by atomic mass is 16.5. The first-order valence-electron chi connectivity index (χ1n) is 23.1. The number of phenolic OH excluding ortho intramolecular Hbond substituents is 1. The molecule has 4 aromatic rings. The number of anilines is 1. The molecule has 3 N–H and O–H groups in total. The summed E-state index contributed by atoms with van der Waals surface area (Å²) >= 11 is 0. The lowest BCUT2D eigenvalue weighted by Crippen LogP contribution is -2.51. The lowest BCUT2D eigenvalue weighted by Gasteiger charge is -2.54. The second kappa shape index (κ2) is 17.3. The van der Waals surface area contributed by atoms with E-state index in [0.717, 1.165) is 81.3 Å². The van der Waals surface area contributed by atoms with Gasteiger partial charge in [0, 0.05) is 67.2 Å². The van der Waals surface area contributed by atoms with Crippen LogP contribution in [0.2, 0.25) is 0 Å². The summed E-state index contributed by atoms with van der Waals surface area (Å²) in [6.45, 7) is 11.3. The lowest BCUT2D eigenvalue weighted by atomic mass is 9.57. The van der Waals surface area contributed by atoms with E-state index in [9.17, 15) is 19.5 Å². The van der Waals surface area contributed by atoms with Crippen molar-refractivity contribution in [3.8, 4) is 11.5 Å². The van der Waals surface area contributed by atoms with E-state index < -0.39 is 0 Å². The monoisotopic (exact) mass is 822 g/mol. The van der Waals surface area contributed by atoms with E-state index in [4.69, 9.17) is 4.74 Å². The number of ether oxygens (including phenoxy) is 1. The Balaban J connectivity index is 0.000000426. The number of phenols is 1. The lowest BCUT2D eigenvalue weighted by molar-refractivity contribution is -0.132. The smallest absolute Gasteiger partial charge is 0.252 e. The van der Waals surface area contributed by atoms with Crippen molar-refractivity contribution in [1.29, 1.82) is 0 Å². The van der Waals surface area contributed by atoms with E-state index in [0.29, 0.717) is 48.8 Å². The number of amides is 3. The summed E-state index contributed by atoms with van der Waals surface area (Å²) in [5.74, 6) is 2.62. The second-order valence-corrected chi connectivity index (χ2v) is 18.7. The van der Waals surface area contributed by atoms with E-state index in [1.54, 1.807) is 0 Å². The Bertz CT molecular complexity index is 2220. The fourth-order valence-corrected chi connectivity index (χ4v) is 11.8. The number of carbonyl (C=O) groups excluding carboxylic acids is 3. The molecular formula is C52H62N4O5. The van der Waals surface area contributed by atoms with Gasteiger partial charge in [-0.25, -0.2) is 0 Å². The van der Waals surface area contributed by atoms with Gasteiger partial charge in [-0.05, 0) is 152 Å². The summed E-state index contributed by atoms with van der Waals surface area (Å²) in [6.07, 6.45) is 11.5. The van der Waals surface area contributed by atoms with E-state index in [1.165, 1.54) is 65.7 Å². The average Bonchev–Trinajstić information content (AvgIpc) is 3.82. The number of benzene rings is 4. The van der Waals surface area contributed by atoms with Gasteiger partial charge in [-0.3, -0.25) is 19.7 Å². The minimum atomic E-state index is -0.138. The van der Waals surface area contributed by atoms with Gasteiger partial charge in [0.1, 0.15) is 11.5 Å². The van der Waals surface area contributed by atoms with Gasteiger partial charge in [0.25, 0.3) is 5.91 Å². The molecule has 4 aromatic carbocycles. The third-order valence-corrected chi connectivity index (χ3v) is 15.1. The quantitative estimate of drug-likeness (QED) is 0.173. The Morgan fingerprint density at radius 3 is 2.18 bits per heavy atom. The molecule has 7 aliphatic rings. The number of likely N-dealkylation sites (tertiary alicyclic amines) is 1. The Morgan fingerprint density at radius 2 is 1.49 bits per heavy atom. The third kappa shape index (κ3) is 8.30. The summed E-state index contributed by atoms with van der Waals surface area (Å²) in [7, 11) is 0. The third-order valence-electron chi connectivity index (χ3n) is 15.1. The number of hydrogen-bond donors (Lipinski definition) is 3. The zero-order valence-corrected chi connectivity index (χ0v) is 36.0. The molecule has 5 aliphatic heterocycles. The van der Waals surface area contributed by atoms with Crippen LogP contribution in [0, 0.1) is 11.3 Å². The van der Waals surface area contributed by atoms with Crippen LogP contribution in [0.1, 0.15) is 134 Å². The molecule has 4 fully saturated rings. The second-order valence-electron chi connectivity index (χ2n) is 18.7. The SMILES string of the molecule is CC.O=C1CCCC(=O)N1.O=C1NCc2cc3c(cc21)OCC31CCN(CC2CC3(CCN(c4ccc(C5c6ccc(O)cc6CCC5c5ccccc5)cc4)CC3)C2)CC1. The van der Waals surface area contributed by atoms with Crippen LogP contribution < -0.4 is 20.3 Å². The van der Waals surface area contributed by atoms with Crippen LogP contribution >= 0.6 is 0 Å². The Hall–Kier alpha value is -5.15. The first-order chi connectivity index (χ1) is 29.7. The highest BCUT2D eigenvalue weighted by Gasteiger charge is 2.48. The summed E-state index contributed by atoms with van der Waals surface area (Å²) in [4.78, 5) is 38.2. The maximum absolute atomic E-state index is 12.2. The molecule has 2 unspecified atom stereocenters. The number of fused-ring (bicyclic) bond motifs is 4. The van der Waals surface area contributed by atoms with Crippen LogP contribution in [-0.4, -0.2) is 67.1 Å². The molecule has 0 bridgehead atoms. The van der Waals surface area contributed by atoms with Gasteiger partial charge in [-0.1, -0.05) is 62.4 Å². The van der Waals surface area contributed by atoms with E-state index >= 15 is 0 Å². The van der Waals surface area contributed by atoms with Crippen LogP contribution in [0.25, 0.3) is 0 Å². The van der Waals surface area contributed by atoms with Gasteiger partial charge in [0.15, 0.2) is 0 Å². The van der Waals surface area contributed by atoms with Crippen molar-refractivity contribution in [3.63, 3.8) is 0 Å². The van der Waals surface area contributed by atoms with Gasteiger partial charge in [0.2, 0.25) is 11.8 Å². The maximum atomic E-state index is 12.2. The molecule has 5 heterocycles. The van der Waals surface area contributed by atoms with E-state index in [2.05, 4.69) is 87.2 Å². The zero-order chi connectivity index (χ0) is 42.1. The molecule has 3 saturated heterocycles. The van der Waals surface area contributed by atoms with Crippen molar-refractivity contribution < 1.29 is 24.2 Å². The molecule has 0 radical (unpaired) electrons. The average molecular weight is 823 g/mol. The minimum absolute atomic E-state index is 0.0347. The van der Waals surface area contributed by atoms with Crippen LogP contribution in [0.4, 0.5) is 5.69 Å². The molecule has 2 spiro atoms. The van der Waals surface area contributed by atoms with Crippen molar-refractivity contribution in [3.05, 3.63) is 124 Å². The largest absolute Gasteiger partial charge is 0.508 e. The van der Waals surface area contributed by atoms with Crippen molar-refractivity contribution in [1.82, 2.24) is 15.5 Å². The molecule has 320 valence electrons. The van der Waals surface area contributed by atoms with Crippen molar-refractivity contribution in [2.45, 2.75) is 108 Å².